The van der Waals surface area contributed by atoms with Crippen LogP contribution in [-0.2, 0) is 17.5 Å². The molecule has 0 unspecified atom stereocenters. The maximum atomic E-state index is 12.9. The van der Waals surface area contributed by atoms with Gasteiger partial charge in [-0.25, -0.2) is 0 Å². The number of halogens is 3. The van der Waals surface area contributed by atoms with Gasteiger partial charge < -0.3 is 10.2 Å². The maximum Gasteiger partial charge on any atom is 0.416 e. The molecular weight excluding hydrogens is 407 g/mol. The lowest BCUT2D eigenvalue weighted by atomic mass is 10.1. The molecule has 0 atom stereocenters. The number of rotatable bonds is 6. The molecule has 0 aliphatic carbocycles. The second-order valence-electron chi connectivity index (χ2n) is 7.68. The Balaban J connectivity index is 1.42. The molecule has 31 heavy (non-hydrogen) atoms. The number of piperazine rings is 1. The van der Waals surface area contributed by atoms with Crippen LogP contribution in [0.4, 0.5) is 13.2 Å². The Morgan fingerprint density at radius 3 is 2.39 bits per heavy atom. The zero-order chi connectivity index (χ0) is 22.4. The second-order valence-corrected chi connectivity index (χ2v) is 7.68. The summed E-state index contributed by atoms with van der Waals surface area (Å²) < 4.78 is 38.6. The van der Waals surface area contributed by atoms with Crippen molar-refractivity contribution in [1.29, 1.82) is 0 Å². The minimum absolute atomic E-state index is 0.0381. The summed E-state index contributed by atoms with van der Waals surface area (Å²) in [5.74, 6) is -0.236. The monoisotopic (exact) mass is 433 g/mol. The highest BCUT2D eigenvalue weighted by Gasteiger charge is 2.30. The van der Waals surface area contributed by atoms with E-state index in [1.807, 2.05) is 24.0 Å². The molecule has 2 aromatic carbocycles. The topological polar surface area (TPSA) is 52.7 Å². The van der Waals surface area contributed by atoms with Gasteiger partial charge in [0.2, 0.25) is 5.91 Å². The zero-order valence-electron chi connectivity index (χ0n) is 17.4. The maximum absolute atomic E-state index is 12.9. The number of aryl methyl sites for hydroxylation is 1. The molecule has 1 aliphatic rings. The average molecular weight is 433 g/mol. The molecule has 0 bridgehead atoms. The van der Waals surface area contributed by atoms with Gasteiger partial charge in [-0.1, -0.05) is 36.4 Å². The smallest absolute Gasteiger partial charge is 0.352 e. The van der Waals surface area contributed by atoms with Gasteiger partial charge in [-0.3, -0.25) is 14.5 Å². The number of benzene rings is 2. The van der Waals surface area contributed by atoms with Crippen LogP contribution in [0.1, 0.15) is 33.5 Å². The van der Waals surface area contributed by atoms with Gasteiger partial charge in [0, 0.05) is 51.3 Å². The van der Waals surface area contributed by atoms with E-state index in [1.165, 1.54) is 12.1 Å². The summed E-state index contributed by atoms with van der Waals surface area (Å²) in [5, 5.41) is 2.78. The Bertz CT molecular complexity index is 922. The van der Waals surface area contributed by atoms with Gasteiger partial charge in [0.25, 0.3) is 5.91 Å². The van der Waals surface area contributed by atoms with Crippen LogP contribution in [0.2, 0.25) is 0 Å². The molecule has 8 heteroatoms. The lowest BCUT2D eigenvalue weighted by molar-refractivity contribution is -0.137. The summed E-state index contributed by atoms with van der Waals surface area (Å²) in [6, 6.07) is 12.6. The van der Waals surface area contributed by atoms with E-state index in [4.69, 9.17) is 0 Å². The Hall–Kier alpha value is -2.87. The second kappa shape index (κ2) is 9.96. The number of amides is 2. The third-order valence-electron chi connectivity index (χ3n) is 5.40. The van der Waals surface area contributed by atoms with Crippen molar-refractivity contribution in [1.82, 2.24) is 15.1 Å². The molecule has 3 rings (SSSR count). The van der Waals surface area contributed by atoms with Gasteiger partial charge >= 0.3 is 6.18 Å². The number of hydrogen-bond donors (Lipinski definition) is 1. The van der Waals surface area contributed by atoms with Gasteiger partial charge in [-0.15, -0.1) is 0 Å². The van der Waals surface area contributed by atoms with E-state index < -0.39 is 11.7 Å². The molecule has 2 aromatic rings. The standard InChI is InChI=1S/C23H26F3N3O2/c1-17-5-2-3-8-20(17)22(31)27-10-9-21(30)29-13-11-28(12-14-29)16-18-6-4-7-19(15-18)23(24,25)26/h2-8,15H,9-14,16H2,1H3,(H,27,31). The largest absolute Gasteiger partial charge is 0.416 e. The van der Waals surface area contributed by atoms with Crippen LogP contribution in [-0.4, -0.2) is 54.3 Å². The highest BCUT2D eigenvalue weighted by atomic mass is 19.4. The fraction of sp³-hybridized carbons (Fsp3) is 0.391. The van der Waals surface area contributed by atoms with Crippen LogP contribution in [0.25, 0.3) is 0 Å². The predicted molar refractivity (Wildman–Crippen MR) is 111 cm³/mol. The van der Waals surface area contributed by atoms with Crippen molar-refractivity contribution in [3.05, 3.63) is 70.8 Å². The first-order valence-corrected chi connectivity index (χ1v) is 10.2. The van der Waals surface area contributed by atoms with Crippen LogP contribution in [0.15, 0.2) is 48.5 Å². The number of alkyl halides is 3. The fourth-order valence-electron chi connectivity index (χ4n) is 3.62. The molecule has 2 amide bonds. The van der Waals surface area contributed by atoms with Gasteiger partial charge in [0.05, 0.1) is 5.56 Å². The van der Waals surface area contributed by atoms with Gasteiger partial charge in [-0.05, 0) is 30.2 Å². The number of carbonyl (C=O) groups excluding carboxylic acids is 2. The first kappa shape index (κ1) is 22.8. The van der Waals surface area contributed by atoms with Gasteiger partial charge in [0.15, 0.2) is 0 Å². The molecule has 0 saturated carbocycles. The highest BCUT2D eigenvalue weighted by molar-refractivity contribution is 5.95. The lowest BCUT2D eigenvalue weighted by Gasteiger charge is -2.35. The lowest BCUT2D eigenvalue weighted by Crippen LogP contribution is -2.48. The van der Waals surface area contributed by atoms with Crippen molar-refractivity contribution in [3.63, 3.8) is 0 Å². The first-order valence-electron chi connectivity index (χ1n) is 10.2. The number of nitrogens with zero attached hydrogens (tertiary/aromatic N) is 2. The molecule has 166 valence electrons. The fourth-order valence-corrected chi connectivity index (χ4v) is 3.62. The van der Waals surface area contributed by atoms with Crippen molar-refractivity contribution >= 4 is 11.8 Å². The quantitative estimate of drug-likeness (QED) is 0.759. The van der Waals surface area contributed by atoms with Crippen molar-refractivity contribution in [3.8, 4) is 0 Å². The van der Waals surface area contributed by atoms with Crippen molar-refractivity contribution in [2.75, 3.05) is 32.7 Å². The number of hydrogen-bond acceptors (Lipinski definition) is 3. The predicted octanol–water partition coefficient (Wildman–Crippen LogP) is 3.48. The van der Waals surface area contributed by atoms with E-state index >= 15 is 0 Å². The SMILES string of the molecule is Cc1ccccc1C(=O)NCCC(=O)N1CCN(Cc2cccc(C(F)(F)F)c2)CC1. The number of nitrogens with one attached hydrogen (secondary N) is 1. The van der Waals surface area contributed by atoms with Gasteiger partial charge in [-0.2, -0.15) is 13.2 Å². The van der Waals surface area contributed by atoms with Crippen molar-refractivity contribution in [2.45, 2.75) is 26.1 Å². The molecule has 5 nitrogen and oxygen atoms in total. The highest BCUT2D eigenvalue weighted by Crippen LogP contribution is 2.29. The third kappa shape index (κ3) is 6.30. The van der Waals surface area contributed by atoms with E-state index in [-0.39, 0.29) is 24.8 Å². The van der Waals surface area contributed by atoms with E-state index in [0.29, 0.717) is 43.9 Å². The summed E-state index contributed by atoms with van der Waals surface area (Å²) in [6.45, 7) is 4.76. The van der Waals surface area contributed by atoms with Crippen LogP contribution in [0.5, 0.6) is 0 Å². The normalized spacial score (nSPS) is 15.0. The molecule has 1 aliphatic heterocycles. The van der Waals surface area contributed by atoms with Crippen molar-refractivity contribution < 1.29 is 22.8 Å². The summed E-state index contributed by atoms with van der Waals surface area (Å²) in [5.41, 5.74) is 1.43. The van der Waals surface area contributed by atoms with Gasteiger partial charge in [0.1, 0.15) is 0 Å². The van der Waals surface area contributed by atoms with Crippen LogP contribution >= 0.6 is 0 Å². The molecular formula is C23H26F3N3O2. The molecule has 1 saturated heterocycles. The Labute approximate surface area is 179 Å². The Kier molecular flexibility index (Phi) is 7.33. The molecule has 1 N–H and O–H groups in total. The molecule has 0 spiro atoms. The minimum atomic E-state index is -4.35. The van der Waals surface area contributed by atoms with E-state index in [1.54, 1.807) is 23.1 Å². The minimum Gasteiger partial charge on any atom is -0.352 e. The number of carbonyl (C=O) groups is 2. The summed E-state index contributed by atoms with van der Waals surface area (Å²) >= 11 is 0. The summed E-state index contributed by atoms with van der Waals surface area (Å²) in [4.78, 5) is 28.4. The average Bonchev–Trinajstić information content (AvgIpc) is 2.74. The third-order valence-corrected chi connectivity index (χ3v) is 5.40. The molecule has 0 aromatic heterocycles. The van der Waals surface area contributed by atoms with Crippen LogP contribution < -0.4 is 5.32 Å². The van der Waals surface area contributed by atoms with E-state index in [9.17, 15) is 22.8 Å². The van der Waals surface area contributed by atoms with Crippen LogP contribution in [0, 0.1) is 6.92 Å². The summed E-state index contributed by atoms with van der Waals surface area (Å²) in [6.07, 6.45) is -4.14. The zero-order valence-corrected chi connectivity index (χ0v) is 17.4. The molecule has 1 heterocycles. The van der Waals surface area contributed by atoms with Crippen molar-refractivity contribution in [2.24, 2.45) is 0 Å². The van der Waals surface area contributed by atoms with E-state index in [2.05, 4.69) is 5.32 Å². The molecule has 1 fully saturated rings. The van der Waals surface area contributed by atoms with E-state index in [0.717, 1.165) is 11.6 Å². The first-order chi connectivity index (χ1) is 14.7. The Morgan fingerprint density at radius 2 is 1.71 bits per heavy atom. The van der Waals surface area contributed by atoms with Crippen LogP contribution in [0.3, 0.4) is 0 Å². The summed E-state index contributed by atoms with van der Waals surface area (Å²) in [7, 11) is 0. The molecule has 0 radical (unpaired) electrons. The Morgan fingerprint density at radius 1 is 1.00 bits per heavy atom.